The van der Waals surface area contributed by atoms with Gasteiger partial charge in [-0.3, -0.25) is 28.9 Å². The van der Waals surface area contributed by atoms with Gasteiger partial charge in [-0.1, -0.05) is 35.9 Å². The Morgan fingerprint density at radius 1 is 0.804 bits per heavy atom. The van der Waals surface area contributed by atoms with Crippen molar-refractivity contribution in [2.24, 2.45) is 7.05 Å². The third-order valence-corrected chi connectivity index (χ3v) is 9.69. The lowest BCUT2D eigenvalue weighted by atomic mass is 10.1. The lowest BCUT2D eigenvalue weighted by molar-refractivity contribution is 0.0997. The Labute approximate surface area is 323 Å². The topological polar surface area (TPSA) is 141 Å². The summed E-state index contributed by atoms with van der Waals surface area (Å²) in [5.74, 6) is -0.811. The first kappa shape index (κ1) is 37.5. The van der Waals surface area contributed by atoms with E-state index in [1.54, 1.807) is 24.4 Å². The summed E-state index contributed by atoms with van der Waals surface area (Å²) in [5, 5.41) is 11.8. The van der Waals surface area contributed by atoms with E-state index in [0.717, 1.165) is 65.4 Å². The van der Waals surface area contributed by atoms with Crippen LogP contribution < -0.4 is 25.5 Å². The number of carbonyl (C=O) groups is 2. The van der Waals surface area contributed by atoms with Crippen molar-refractivity contribution >= 4 is 45.1 Å². The average Bonchev–Trinajstić information content (AvgIpc) is 3.49. The maximum atomic E-state index is 13.8. The molecule has 0 bridgehead atoms. The van der Waals surface area contributed by atoms with Gasteiger partial charge in [0.15, 0.2) is 22.7 Å². The summed E-state index contributed by atoms with van der Waals surface area (Å²) in [6.07, 6.45) is 4.46. The highest BCUT2D eigenvalue weighted by atomic mass is 16.5. The molecule has 0 fully saturated rings. The van der Waals surface area contributed by atoms with E-state index in [0.29, 0.717) is 22.6 Å². The third kappa shape index (κ3) is 8.30. The smallest absolute Gasteiger partial charge is 0.291 e. The first-order valence-electron chi connectivity index (χ1n) is 18.1. The molecule has 0 atom stereocenters. The summed E-state index contributed by atoms with van der Waals surface area (Å²) in [4.78, 5) is 46.7. The summed E-state index contributed by atoms with van der Waals surface area (Å²) in [5.41, 5.74) is 7.19. The Morgan fingerprint density at radius 2 is 1.55 bits per heavy atom. The van der Waals surface area contributed by atoms with E-state index in [1.807, 2.05) is 62.1 Å². The Kier molecular flexibility index (Phi) is 10.9. The lowest BCUT2D eigenvalue weighted by Crippen LogP contribution is -2.25. The molecule has 0 aliphatic carbocycles. The predicted molar refractivity (Wildman–Crippen MR) is 217 cm³/mol. The van der Waals surface area contributed by atoms with Gasteiger partial charge in [-0.25, -0.2) is 0 Å². The Balaban J connectivity index is 1.06. The predicted octanol–water partition coefficient (Wildman–Crippen LogP) is 7.46. The second kappa shape index (κ2) is 16.3. The molecule has 0 aliphatic heterocycles. The maximum absolute atomic E-state index is 13.8. The number of nitrogens with zero attached hydrogens (tertiary/aromatic N) is 4. The van der Waals surface area contributed by atoms with Crippen LogP contribution in [-0.2, 0) is 26.6 Å². The molecule has 0 spiro atoms. The first-order valence-corrected chi connectivity index (χ1v) is 18.1. The minimum Gasteiger partial charge on any atom is -0.493 e. The van der Waals surface area contributed by atoms with Crippen molar-refractivity contribution in [3.05, 3.63) is 153 Å². The fraction of sp³-hybridized carbons (Fsp3) is 0.205. The van der Waals surface area contributed by atoms with E-state index in [9.17, 15) is 14.4 Å². The zero-order chi connectivity index (χ0) is 39.3. The molecule has 0 aliphatic rings. The van der Waals surface area contributed by atoms with E-state index in [1.165, 1.54) is 31.9 Å². The normalized spacial score (nSPS) is 11.2. The molecule has 7 aromatic rings. The highest BCUT2D eigenvalue weighted by Gasteiger charge is 2.21. The van der Waals surface area contributed by atoms with Gasteiger partial charge in [0.2, 0.25) is 0 Å². The molecule has 2 N–H and O–H groups in total. The van der Waals surface area contributed by atoms with Crippen molar-refractivity contribution in [3.63, 3.8) is 0 Å². The number of amides is 2. The minimum absolute atomic E-state index is 0.115. The molecule has 56 heavy (non-hydrogen) atoms. The average molecular weight is 751 g/mol. The molecule has 0 saturated carbocycles. The van der Waals surface area contributed by atoms with Crippen LogP contribution in [0, 0.1) is 13.8 Å². The van der Waals surface area contributed by atoms with Gasteiger partial charge < -0.3 is 24.5 Å². The first-order chi connectivity index (χ1) is 27.1. The summed E-state index contributed by atoms with van der Waals surface area (Å²) >= 11 is 0. The van der Waals surface area contributed by atoms with Crippen LogP contribution >= 0.6 is 0 Å². The van der Waals surface area contributed by atoms with E-state index in [4.69, 9.17) is 13.9 Å². The van der Waals surface area contributed by atoms with Crippen LogP contribution in [0.25, 0.3) is 21.9 Å². The Bertz CT molecular complexity index is 2620. The number of nitrogens with one attached hydrogen (secondary N) is 2. The van der Waals surface area contributed by atoms with E-state index in [-0.39, 0.29) is 28.0 Å². The van der Waals surface area contributed by atoms with Crippen LogP contribution in [0.1, 0.15) is 48.9 Å². The number of pyridine rings is 1. The number of carbonyl (C=O) groups excluding carboxylic acids is 2. The fourth-order valence-electron chi connectivity index (χ4n) is 6.78. The van der Waals surface area contributed by atoms with Crippen molar-refractivity contribution in [2.45, 2.75) is 33.4 Å². The van der Waals surface area contributed by atoms with Crippen LogP contribution in [-0.4, -0.2) is 52.2 Å². The Hall–Kier alpha value is -6.79. The monoisotopic (exact) mass is 750 g/mol. The molecule has 284 valence electrons. The van der Waals surface area contributed by atoms with Crippen molar-refractivity contribution in [2.75, 3.05) is 31.4 Å². The molecule has 7 rings (SSSR count). The van der Waals surface area contributed by atoms with Crippen molar-refractivity contribution in [3.8, 4) is 11.5 Å². The Morgan fingerprint density at radius 3 is 2.30 bits per heavy atom. The second-order valence-electron chi connectivity index (χ2n) is 13.7. The van der Waals surface area contributed by atoms with Crippen molar-refractivity contribution in [1.82, 2.24) is 19.7 Å². The fourth-order valence-corrected chi connectivity index (χ4v) is 6.78. The third-order valence-electron chi connectivity index (χ3n) is 9.69. The van der Waals surface area contributed by atoms with Gasteiger partial charge >= 0.3 is 0 Å². The van der Waals surface area contributed by atoms with Gasteiger partial charge in [0.05, 0.1) is 42.1 Å². The second-order valence-corrected chi connectivity index (χ2v) is 13.7. The molecule has 3 aromatic heterocycles. The number of hydrogen-bond acceptors (Lipinski definition) is 9. The SMILES string of the molecule is COc1cc(NC(=O)c2cc(=O)c3cc(C)ccc3o2)c(C(=O)Nc2ccc(CCN(Cc3cccnc3)Cc3ccc4c(c3)c(C)nn4C)cc2)cc1OC. The number of hydrogen-bond donors (Lipinski definition) is 2. The largest absolute Gasteiger partial charge is 0.493 e. The number of aryl methyl sites for hydroxylation is 3. The maximum Gasteiger partial charge on any atom is 0.291 e. The molecule has 12 nitrogen and oxygen atoms in total. The lowest BCUT2D eigenvalue weighted by Gasteiger charge is -2.23. The molecule has 0 radical (unpaired) electrons. The number of fused-ring (bicyclic) bond motifs is 2. The molecule has 3 heterocycles. The molecule has 12 heteroatoms. The van der Waals surface area contributed by atoms with Gasteiger partial charge in [0.25, 0.3) is 11.8 Å². The molecular weight excluding hydrogens is 709 g/mol. The molecule has 2 amide bonds. The number of rotatable bonds is 13. The summed E-state index contributed by atoms with van der Waals surface area (Å²) in [6.45, 7) is 6.18. The number of benzene rings is 4. The molecule has 4 aromatic carbocycles. The highest BCUT2D eigenvalue weighted by molar-refractivity contribution is 6.12. The van der Waals surface area contributed by atoms with Crippen molar-refractivity contribution in [1.29, 1.82) is 0 Å². The van der Waals surface area contributed by atoms with E-state index >= 15 is 0 Å². The van der Waals surface area contributed by atoms with Crippen LogP contribution in [0.4, 0.5) is 11.4 Å². The van der Waals surface area contributed by atoms with Gasteiger partial charge in [-0.2, -0.15) is 5.10 Å². The number of ether oxygens (including phenoxy) is 2. The molecular formula is C44H42N6O6. The van der Waals surface area contributed by atoms with Crippen LogP contribution in [0.15, 0.2) is 113 Å². The number of anilines is 2. The minimum atomic E-state index is -0.708. The number of methoxy groups -OCH3 is 2. The van der Waals surface area contributed by atoms with Crippen molar-refractivity contribution < 1.29 is 23.5 Å². The van der Waals surface area contributed by atoms with Gasteiger partial charge in [0, 0.05) is 62.3 Å². The zero-order valence-electron chi connectivity index (χ0n) is 31.9. The van der Waals surface area contributed by atoms with E-state index < -0.39 is 11.8 Å². The zero-order valence-corrected chi connectivity index (χ0v) is 31.9. The summed E-state index contributed by atoms with van der Waals surface area (Å²) in [6, 6.07) is 27.5. The molecule has 0 unspecified atom stereocenters. The van der Waals surface area contributed by atoms with Crippen LogP contribution in [0.5, 0.6) is 11.5 Å². The summed E-state index contributed by atoms with van der Waals surface area (Å²) in [7, 11) is 4.88. The van der Waals surface area contributed by atoms with Crippen LogP contribution in [0.2, 0.25) is 0 Å². The van der Waals surface area contributed by atoms with Gasteiger partial charge in [0.1, 0.15) is 5.58 Å². The quantitative estimate of drug-likeness (QED) is 0.123. The highest BCUT2D eigenvalue weighted by Crippen LogP contribution is 2.34. The summed E-state index contributed by atoms with van der Waals surface area (Å²) < 4.78 is 18.6. The number of aromatic nitrogens is 3. The standard InChI is InChI=1S/C44H42N6O6/c1-27-8-15-39-35(19-27)38(51)23-42(56-39)44(53)47-36-22-41(55-5)40(54-4)21-34(36)43(52)46-32-12-9-29(10-13-32)16-18-50(26-31-7-6-17-45-24-31)25-30-11-14-37-33(20-30)28(2)48-49(37)3/h6-15,17,19-24H,16,18,25-26H2,1-5H3,(H,46,52)(H,47,53). The van der Waals surface area contributed by atoms with Gasteiger partial charge in [-0.05, 0) is 85.5 Å². The van der Waals surface area contributed by atoms with Gasteiger partial charge in [-0.15, -0.1) is 0 Å². The van der Waals surface area contributed by atoms with Crippen LogP contribution in [0.3, 0.4) is 0 Å². The van der Waals surface area contributed by atoms with E-state index in [2.05, 4.69) is 49.9 Å². The molecule has 0 saturated heterocycles.